The molecule has 0 saturated heterocycles. The quantitative estimate of drug-likeness (QED) is 0.621. The van der Waals surface area contributed by atoms with Gasteiger partial charge in [0, 0.05) is 10.6 Å². The minimum Gasteiger partial charge on any atom is -0.478 e. The second-order valence-corrected chi connectivity index (χ2v) is 10.6. The zero-order valence-electron chi connectivity index (χ0n) is 17.3. The molecule has 31 heavy (non-hydrogen) atoms. The van der Waals surface area contributed by atoms with Gasteiger partial charge in [-0.2, -0.15) is 5.10 Å². The average molecular weight is 460 g/mol. The first kappa shape index (κ1) is 21.4. The van der Waals surface area contributed by atoms with Crippen molar-refractivity contribution in [3.8, 4) is 11.4 Å². The van der Waals surface area contributed by atoms with Crippen molar-refractivity contribution >= 4 is 33.2 Å². The molecular formula is C22H22ClN3O4S. The van der Waals surface area contributed by atoms with Crippen LogP contribution in [-0.2, 0) is 26.1 Å². The van der Waals surface area contributed by atoms with Crippen LogP contribution in [0.25, 0.3) is 5.69 Å². The Morgan fingerprint density at radius 1 is 1.16 bits per heavy atom. The third-order valence-corrected chi connectivity index (χ3v) is 6.69. The number of ether oxygens (including phenoxy) is 1. The van der Waals surface area contributed by atoms with Crippen LogP contribution in [0.2, 0.25) is 5.02 Å². The molecule has 2 aromatic carbocycles. The number of nitrogens with one attached hydrogen (secondary N) is 1. The van der Waals surface area contributed by atoms with Crippen molar-refractivity contribution in [1.29, 1.82) is 0 Å². The van der Waals surface area contributed by atoms with Gasteiger partial charge in [0.05, 0.1) is 22.9 Å². The van der Waals surface area contributed by atoms with E-state index in [2.05, 4.69) is 10.4 Å². The molecule has 1 aliphatic heterocycles. The van der Waals surface area contributed by atoms with Crippen molar-refractivity contribution in [2.75, 3.05) is 5.32 Å². The molecule has 0 saturated carbocycles. The van der Waals surface area contributed by atoms with E-state index in [4.69, 9.17) is 16.3 Å². The van der Waals surface area contributed by atoms with E-state index >= 15 is 0 Å². The number of amides is 1. The van der Waals surface area contributed by atoms with Gasteiger partial charge in [-0.25, -0.2) is 13.1 Å². The van der Waals surface area contributed by atoms with Gasteiger partial charge in [-0.15, -0.1) is 0 Å². The van der Waals surface area contributed by atoms with Crippen molar-refractivity contribution < 1.29 is 17.9 Å². The molecule has 0 radical (unpaired) electrons. The fraction of sp³-hybridized carbons (Fsp3) is 0.273. The summed E-state index contributed by atoms with van der Waals surface area (Å²) < 4.78 is 31.8. The first-order valence-electron chi connectivity index (χ1n) is 9.68. The zero-order valence-corrected chi connectivity index (χ0v) is 18.9. The summed E-state index contributed by atoms with van der Waals surface area (Å²) >= 11 is 5.91. The molecule has 1 N–H and O–H groups in total. The summed E-state index contributed by atoms with van der Waals surface area (Å²) in [6.07, 6.45) is 0. The molecule has 1 aliphatic rings. The third kappa shape index (κ3) is 4.45. The summed E-state index contributed by atoms with van der Waals surface area (Å²) in [5.41, 5.74) is 1.48. The number of sulfone groups is 1. The van der Waals surface area contributed by atoms with Crippen LogP contribution in [0.3, 0.4) is 0 Å². The van der Waals surface area contributed by atoms with Crippen LogP contribution in [0.1, 0.15) is 30.7 Å². The Hall–Kier alpha value is -2.84. The van der Waals surface area contributed by atoms with Gasteiger partial charge in [0.1, 0.15) is 11.6 Å². The Kier molecular flexibility index (Phi) is 5.31. The van der Waals surface area contributed by atoms with E-state index in [9.17, 15) is 13.2 Å². The maximum Gasteiger partial charge on any atom is 0.269 e. The highest BCUT2D eigenvalue weighted by molar-refractivity contribution is 7.90. The Balaban J connectivity index is 1.68. The van der Waals surface area contributed by atoms with E-state index in [1.54, 1.807) is 42.8 Å². The number of benzene rings is 2. The molecule has 0 bridgehead atoms. The number of anilines is 1. The lowest BCUT2D eigenvalue weighted by Gasteiger charge is -2.25. The topological polar surface area (TPSA) is 90.3 Å². The minimum absolute atomic E-state index is 0.144. The molecule has 0 fully saturated rings. The van der Waals surface area contributed by atoms with Gasteiger partial charge in [-0.1, -0.05) is 23.7 Å². The van der Waals surface area contributed by atoms with Crippen molar-refractivity contribution in [3.63, 3.8) is 0 Å². The van der Waals surface area contributed by atoms with E-state index in [0.29, 0.717) is 27.8 Å². The van der Waals surface area contributed by atoms with E-state index in [0.717, 1.165) is 11.3 Å². The fourth-order valence-corrected chi connectivity index (χ4v) is 5.04. The Labute approximate surface area is 185 Å². The standard InChI is InChI=1S/C22H22ClN3O4S/c1-14-5-4-6-16(11-14)26-20(18-12-31(28,29)13-19(18)25-26)24-21(27)22(2,3)30-17-9-7-15(23)8-10-17/h4-11H,12-13H2,1-3H3,(H,24,27). The molecule has 7 nitrogen and oxygen atoms in total. The first-order chi connectivity index (χ1) is 14.5. The second kappa shape index (κ2) is 7.69. The number of aromatic nitrogens is 2. The molecule has 162 valence electrons. The van der Waals surface area contributed by atoms with E-state index in [1.165, 1.54) is 0 Å². The minimum atomic E-state index is -3.29. The number of aryl methyl sites for hydroxylation is 1. The highest BCUT2D eigenvalue weighted by Crippen LogP contribution is 2.34. The smallest absolute Gasteiger partial charge is 0.269 e. The number of fused-ring (bicyclic) bond motifs is 1. The van der Waals surface area contributed by atoms with Gasteiger partial charge < -0.3 is 10.1 Å². The van der Waals surface area contributed by atoms with Crippen LogP contribution < -0.4 is 10.1 Å². The highest BCUT2D eigenvalue weighted by atomic mass is 35.5. The van der Waals surface area contributed by atoms with Crippen molar-refractivity contribution in [2.24, 2.45) is 0 Å². The van der Waals surface area contributed by atoms with Gasteiger partial charge >= 0.3 is 0 Å². The number of rotatable bonds is 5. The molecule has 3 aromatic rings. The number of hydrogen-bond donors (Lipinski definition) is 1. The monoisotopic (exact) mass is 459 g/mol. The van der Waals surface area contributed by atoms with E-state index in [1.807, 2.05) is 31.2 Å². The van der Waals surface area contributed by atoms with Gasteiger partial charge in [0.15, 0.2) is 15.4 Å². The molecule has 1 amide bonds. The summed E-state index contributed by atoms with van der Waals surface area (Å²) in [6, 6.07) is 14.3. The third-order valence-electron chi connectivity index (χ3n) is 5.00. The maximum atomic E-state index is 13.2. The van der Waals surface area contributed by atoms with Crippen LogP contribution in [0.15, 0.2) is 48.5 Å². The van der Waals surface area contributed by atoms with E-state index < -0.39 is 21.3 Å². The number of nitrogens with zero attached hydrogens (tertiary/aromatic N) is 2. The summed E-state index contributed by atoms with van der Waals surface area (Å²) in [6.45, 7) is 5.23. The van der Waals surface area contributed by atoms with Crippen LogP contribution in [0, 0.1) is 6.92 Å². The molecule has 0 atom stereocenters. The predicted molar refractivity (Wildman–Crippen MR) is 119 cm³/mol. The number of halogens is 1. The lowest BCUT2D eigenvalue weighted by molar-refractivity contribution is -0.128. The Morgan fingerprint density at radius 3 is 2.55 bits per heavy atom. The lowest BCUT2D eigenvalue weighted by atomic mass is 10.1. The van der Waals surface area contributed by atoms with Crippen LogP contribution >= 0.6 is 11.6 Å². The molecule has 0 spiro atoms. The van der Waals surface area contributed by atoms with Crippen molar-refractivity contribution in [2.45, 2.75) is 37.9 Å². The fourth-order valence-electron chi connectivity index (χ4n) is 3.42. The number of carbonyl (C=O) groups excluding carboxylic acids is 1. The number of carbonyl (C=O) groups is 1. The summed E-state index contributed by atoms with van der Waals surface area (Å²) in [5, 5.41) is 7.92. The summed E-state index contributed by atoms with van der Waals surface area (Å²) in [4.78, 5) is 13.2. The Bertz CT molecular complexity index is 1260. The Morgan fingerprint density at radius 2 is 1.87 bits per heavy atom. The predicted octanol–water partition coefficient (Wildman–Crippen LogP) is 4.06. The molecule has 4 rings (SSSR count). The zero-order chi connectivity index (χ0) is 22.4. The average Bonchev–Trinajstić information content (AvgIpc) is 3.16. The van der Waals surface area contributed by atoms with Crippen molar-refractivity contribution in [3.05, 3.63) is 70.4 Å². The number of hydrogen-bond acceptors (Lipinski definition) is 5. The molecule has 0 unspecified atom stereocenters. The normalized spacial score (nSPS) is 14.8. The van der Waals surface area contributed by atoms with Crippen molar-refractivity contribution in [1.82, 2.24) is 9.78 Å². The molecule has 2 heterocycles. The SMILES string of the molecule is Cc1cccc(-n2nc3c(c2NC(=O)C(C)(C)Oc2ccc(Cl)cc2)CS(=O)(=O)C3)c1. The first-order valence-corrected chi connectivity index (χ1v) is 11.9. The van der Waals surface area contributed by atoms with Gasteiger partial charge in [0.2, 0.25) is 0 Å². The van der Waals surface area contributed by atoms with Gasteiger partial charge in [0.25, 0.3) is 5.91 Å². The summed E-state index contributed by atoms with van der Waals surface area (Å²) in [7, 11) is -3.29. The molecule has 0 aliphatic carbocycles. The highest BCUT2D eigenvalue weighted by Gasteiger charge is 2.36. The molecular weight excluding hydrogens is 438 g/mol. The summed E-state index contributed by atoms with van der Waals surface area (Å²) in [5.74, 6) is 0.101. The van der Waals surface area contributed by atoms with E-state index in [-0.39, 0.29) is 11.5 Å². The van der Waals surface area contributed by atoms with Crippen LogP contribution in [0.4, 0.5) is 5.82 Å². The largest absolute Gasteiger partial charge is 0.478 e. The molecule has 1 aromatic heterocycles. The maximum absolute atomic E-state index is 13.2. The lowest BCUT2D eigenvalue weighted by Crippen LogP contribution is -2.43. The molecule has 9 heteroatoms. The van der Waals surface area contributed by atoms with Crippen LogP contribution in [-0.4, -0.2) is 29.7 Å². The van der Waals surface area contributed by atoms with Gasteiger partial charge in [-0.3, -0.25) is 4.79 Å². The van der Waals surface area contributed by atoms with Gasteiger partial charge in [-0.05, 0) is 62.7 Å². The second-order valence-electron chi connectivity index (χ2n) is 8.08. The van der Waals surface area contributed by atoms with Crippen LogP contribution in [0.5, 0.6) is 5.75 Å².